The third-order valence-electron chi connectivity index (χ3n) is 5.10. The van der Waals surface area contributed by atoms with Gasteiger partial charge in [-0.05, 0) is 48.6 Å². The SMILES string of the molecule is CCCN(CC(C)CC(=O)O)NC(=O)Cc1ccc(NC(=O)Nc2ccccc2C)c(OC)c1. The number of aryl methyl sites for hydroxylation is 1. The first-order valence-corrected chi connectivity index (χ1v) is 11.3. The third kappa shape index (κ3) is 8.74. The molecule has 0 saturated heterocycles. The fourth-order valence-electron chi connectivity index (χ4n) is 3.54. The third-order valence-corrected chi connectivity index (χ3v) is 5.10. The van der Waals surface area contributed by atoms with Gasteiger partial charge >= 0.3 is 12.0 Å². The Morgan fingerprint density at radius 2 is 1.79 bits per heavy atom. The molecule has 1 atom stereocenters. The molecule has 2 aromatic carbocycles. The highest BCUT2D eigenvalue weighted by Crippen LogP contribution is 2.26. The predicted molar refractivity (Wildman–Crippen MR) is 132 cm³/mol. The number of carbonyl (C=O) groups is 3. The van der Waals surface area contributed by atoms with Crippen molar-refractivity contribution in [1.29, 1.82) is 0 Å². The van der Waals surface area contributed by atoms with Crippen LogP contribution < -0.4 is 20.8 Å². The van der Waals surface area contributed by atoms with Crippen LogP contribution >= 0.6 is 0 Å². The summed E-state index contributed by atoms with van der Waals surface area (Å²) in [5, 5.41) is 16.3. The van der Waals surface area contributed by atoms with Gasteiger partial charge in [-0.2, -0.15) is 0 Å². The number of ether oxygens (including phenoxy) is 1. The normalized spacial score (nSPS) is 11.6. The van der Waals surface area contributed by atoms with Gasteiger partial charge in [-0.25, -0.2) is 9.80 Å². The van der Waals surface area contributed by atoms with E-state index < -0.39 is 12.0 Å². The summed E-state index contributed by atoms with van der Waals surface area (Å²) < 4.78 is 5.41. The summed E-state index contributed by atoms with van der Waals surface area (Å²) in [7, 11) is 1.50. The maximum absolute atomic E-state index is 12.6. The number of amides is 3. The van der Waals surface area contributed by atoms with E-state index in [9.17, 15) is 14.4 Å². The average molecular weight is 471 g/mol. The molecule has 0 radical (unpaired) electrons. The van der Waals surface area contributed by atoms with Crippen LogP contribution in [0.25, 0.3) is 0 Å². The van der Waals surface area contributed by atoms with E-state index in [-0.39, 0.29) is 24.7 Å². The Hall–Kier alpha value is -3.59. The molecule has 0 aromatic heterocycles. The Morgan fingerprint density at radius 1 is 1.09 bits per heavy atom. The van der Waals surface area contributed by atoms with Crippen LogP contribution in [0.1, 0.15) is 37.8 Å². The number of carboxylic acid groups (broad SMARTS) is 1. The van der Waals surface area contributed by atoms with Crippen LogP contribution in [0.15, 0.2) is 42.5 Å². The summed E-state index contributed by atoms with van der Waals surface area (Å²) >= 11 is 0. The van der Waals surface area contributed by atoms with Crippen LogP contribution in [-0.2, 0) is 16.0 Å². The lowest BCUT2D eigenvalue weighted by molar-refractivity contribution is -0.138. The van der Waals surface area contributed by atoms with Gasteiger partial charge in [0.2, 0.25) is 5.91 Å². The van der Waals surface area contributed by atoms with E-state index in [1.54, 1.807) is 23.2 Å². The number of urea groups is 1. The summed E-state index contributed by atoms with van der Waals surface area (Å²) in [4.78, 5) is 36.0. The van der Waals surface area contributed by atoms with Crippen molar-refractivity contribution in [2.24, 2.45) is 5.92 Å². The van der Waals surface area contributed by atoms with Crippen LogP contribution in [0.3, 0.4) is 0 Å². The summed E-state index contributed by atoms with van der Waals surface area (Å²) in [6.45, 7) is 6.82. The molecule has 0 bridgehead atoms. The minimum absolute atomic E-state index is 0.0408. The number of anilines is 2. The summed E-state index contributed by atoms with van der Waals surface area (Å²) in [5.41, 5.74) is 5.72. The Labute approximate surface area is 200 Å². The summed E-state index contributed by atoms with van der Waals surface area (Å²) in [5.74, 6) is -0.731. The molecule has 0 fully saturated rings. The zero-order chi connectivity index (χ0) is 25.1. The van der Waals surface area contributed by atoms with Gasteiger partial charge in [-0.1, -0.05) is 38.1 Å². The first-order chi connectivity index (χ1) is 16.2. The number of aliphatic carboxylic acids is 1. The molecule has 2 rings (SSSR count). The second kappa shape index (κ2) is 13.2. The number of nitrogens with zero attached hydrogens (tertiary/aromatic N) is 1. The standard InChI is InChI=1S/C25H34N4O5/c1-5-12-29(16-17(2)13-24(31)32)28-23(30)15-19-10-11-21(22(14-19)34-4)27-25(33)26-20-9-7-6-8-18(20)3/h6-11,14,17H,5,12-13,15-16H2,1-4H3,(H,28,30)(H,31,32)(H2,26,27,33). The molecule has 0 aliphatic carbocycles. The van der Waals surface area contributed by atoms with E-state index in [0.717, 1.165) is 12.0 Å². The zero-order valence-electron chi connectivity index (χ0n) is 20.2. The second-order valence-electron chi connectivity index (χ2n) is 8.29. The maximum atomic E-state index is 12.6. The van der Waals surface area contributed by atoms with Crippen LogP contribution in [-0.4, -0.2) is 48.2 Å². The number of benzene rings is 2. The number of carboxylic acids is 1. The van der Waals surface area contributed by atoms with Crippen molar-refractivity contribution in [3.05, 3.63) is 53.6 Å². The topological polar surface area (TPSA) is 120 Å². The molecule has 184 valence electrons. The molecule has 0 aliphatic rings. The fourth-order valence-corrected chi connectivity index (χ4v) is 3.54. The van der Waals surface area contributed by atoms with Crippen molar-refractivity contribution in [3.8, 4) is 5.75 Å². The highest BCUT2D eigenvalue weighted by atomic mass is 16.5. The fraction of sp³-hybridized carbons (Fsp3) is 0.400. The average Bonchev–Trinajstić information content (AvgIpc) is 2.75. The van der Waals surface area contributed by atoms with Gasteiger partial charge in [0, 0.05) is 25.2 Å². The van der Waals surface area contributed by atoms with E-state index in [0.29, 0.717) is 35.8 Å². The van der Waals surface area contributed by atoms with E-state index in [1.165, 1.54) is 7.11 Å². The monoisotopic (exact) mass is 470 g/mol. The van der Waals surface area contributed by atoms with Gasteiger partial charge in [-0.15, -0.1) is 0 Å². The summed E-state index contributed by atoms with van der Waals surface area (Å²) in [6.07, 6.45) is 0.970. The van der Waals surface area contributed by atoms with E-state index in [2.05, 4.69) is 16.1 Å². The number of nitrogens with one attached hydrogen (secondary N) is 3. The molecule has 9 heteroatoms. The highest BCUT2D eigenvalue weighted by molar-refractivity contribution is 6.01. The van der Waals surface area contributed by atoms with Gasteiger partial charge in [0.05, 0.1) is 19.2 Å². The van der Waals surface area contributed by atoms with Gasteiger partial charge in [-0.3, -0.25) is 15.0 Å². The Kier molecular flexibility index (Phi) is 10.3. The largest absolute Gasteiger partial charge is 0.495 e. The van der Waals surface area contributed by atoms with Crippen LogP contribution in [0, 0.1) is 12.8 Å². The smallest absolute Gasteiger partial charge is 0.323 e. The van der Waals surface area contributed by atoms with Crippen molar-refractivity contribution >= 4 is 29.3 Å². The Morgan fingerprint density at radius 3 is 2.44 bits per heavy atom. The number of hydrogen-bond acceptors (Lipinski definition) is 5. The Balaban J connectivity index is 1.99. The van der Waals surface area contributed by atoms with Crippen LogP contribution in [0.4, 0.5) is 16.2 Å². The van der Waals surface area contributed by atoms with Crippen molar-refractivity contribution < 1.29 is 24.2 Å². The number of para-hydroxylation sites is 1. The van der Waals surface area contributed by atoms with Crippen molar-refractivity contribution in [1.82, 2.24) is 10.4 Å². The van der Waals surface area contributed by atoms with E-state index in [1.807, 2.05) is 45.0 Å². The summed E-state index contributed by atoms with van der Waals surface area (Å²) in [6, 6.07) is 12.2. The number of hydrazine groups is 1. The molecular weight excluding hydrogens is 436 g/mol. The molecular formula is C25H34N4O5. The number of hydrogen-bond donors (Lipinski definition) is 4. The number of rotatable bonds is 12. The predicted octanol–water partition coefficient (Wildman–Crippen LogP) is 4.04. The van der Waals surface area contributed by atoms with Crippen molar-refractivity contribution in [2.45, 2.75) is 40.0 Å². The van der Waals surface area contributed by atoms with Gasteiger partial charge in [0.1, 0.15) is 5.75 Å². The molecule has 1 unspecified atom stereocenters. The van der Waals surface area contributed by atoms with Gasteiger partial charge < -0.3 is 20.5 Å². The quantitative estimate of drug-likeness (QED) is 0.348. The van der Waals surface area contributed by atoms with Crippen LogP contribution in [0.2, 0.25) is 0 Å². The number of carbonyl (C=O) groups excluding carboxylic acids is 2. The van der Waals surface area contributed by atoms with Gasteiger partial charge in [0.15, 0.2) is 0 Å². The lowest BCUT2D eigenvalue weighted by atomic mass is 10.1. The zero-order valence-corrected chi connectivity index (χ0v) is 20.2. The molecule has 0 aliphatic heterocycles. The van der Waals surface area contributed by atoms with Gasteiger partial charge in [0.25, 0.3) is 0 Å². The molecule has 34 heavy (non-hydrogen) atoms. The molecule has 0 saturated carbocycles. The minimum atomic E-state index is -0.858. The lowest BCUT2D eigenvalue weighted by Gasteiger charge is -2.25. The molecule has 0 spiro atoms. The Bertz CT molecular complexity index is 995. The van der Waals surface area contributed by atoms with E-state index >= 15 is 0 Å². The lowest BCUT2D eigenvalue weighted by Crippen LogP contribution is -2.45. The van der Waals surface area contributed by atoms with Crippen molar-refractivity contribution in [2.75, 3.05) is 30.8 Å². The maximum Gasteiger partial charge on any atom is 0.323 e. The first-order valence-electron chi connectivity index (χ1n) is 11.3. The second-order valence-corrected chi connectivity index (χ2v) is 8.29. The molecule has 3 amide bonds. The minimum Gasteiger partial charge on any atom is -0.495 e. The molecule has 4 N–H and O–H groups in total. The highest BCUT2D eigenvalue weighted by Gasteiger charge is 2.16. The first kappa shape index (κ1) is 26.7. The van der Waals surface area contributed by atoms with Crippen molar-refractivity contribution in [3.63, 3.8) is 0 Å². The number of methoxy groups -OCH3 is 1. The molecule has 2 aromatic rings. The van der Waals surface area contributed by atoms with Crippen LogP contribution in [0.5, 0.6) is 5.75 Å². The molecule has 9 nitrogen and oxygen atoms in total. The molecule has 0 heterocycles. The van der Waals surface area contributed by atoms with E-state index in [4.69, 9.17) is 9.84 Å².